The van der Waals surface area contributed by atoms with Crippen LogP contribution < -0.4 is 0 Å². The number of hydrogen-bond acceptors (Lipinski definition) is 4. The number of fused-ring (bicyclic) bond motifs is 1. The fourth-order valence-corrected chi connectivity index (χ4v) is 3.61. The molecule has 1 amide bonds. The number of nitrogens with zero attached hydrogens (tertiary/aromatic N) is 1. The first-order chi connectivity index (χ1) is 11.6. The van der Waals surface area contributed by atoms with Gasteiger partial charge in [-0.05, 0) is 18.9 Å². The summed E-state index contributed by atoms with van der Waals surface area (Å²) in [6.07, 6.45) is 2.10. The van der Waals surface area contributed by atoms with Crippen LogP contribution in [0.3, 0.4) is 0 Å². The number of carbonyl (C=O) groups excluding carboxylic acids is 2. The highest BCUT2D eigenvalue weighted by Crippen LogP contribution is 2.34. The maximum absolute atomic E-state index is 12.5. The smallest absolute Gasteiger partial charge is 0.410 e. The Morgan fingerprint density at radius 1 is 1.42 bits per heavy atom. The van der Waals surface area contributed by atoms with E-state index in [2.05, 4.69) is 6.58 Å². The molecule has 0 spiro atoms. The standard InChI is InChI=1S/C19H23NO4/c1-3-15-18-16(21)11-13(2)24-17(18)9-10-20(15)19(22)23-12-14-7-5-4-6-8-14/h3-8,13,15,17-18H,1,9-12H2,2H3/t13-,15+,17+,18+/m1/s1. The molecule has 0 saturated carbocycles. The number of ketones is 1. The summed E-state index contributed by atoms with van der Waals surface area (Å²) in [7, 11) is 0. The largest absolute Gasteiger partial charge is 0.445 e. The van der Waals surface area contributed by atoms with Crippen molar-refractivity contribution in [2.24, 2.45) is 5.92 Å². The first-order valence-electron chi connectivity index (χ1n) is 8.38. The molecule has 0 aromatic heterocycles. The maximum atomic E-state index is 12.5. The number of carbonyl (C=O) groups is 2. The number of hydrogen-bond donors (Lipinski definition) is 0. The van der Waals surface area contributed by atoms with Crippen LogP contribution in [-0.4, -0.2) is 41.6 Å². The summed E-state index contributed by atoms with van der Waals surface area (Å²) >= 11 is 0. The predicted molar refractivity (Wildman–Crippen MR) is 89.4 cm³/mol. The van der Waals surface area contributed by atoms with Crippen molar-refractivity contribution in [3.63, 3.8) is 0 Å². The summed E-state index contributed by atoms with van der Waals surface area (Å²) in [5.41, 5.74) is 0.932. The molecule has 5 heteroatoms. The fourth-order valence-electron chi connectivity index (χ4n) is 3.61. The van der Waals surface area contributed by atoms with Crippen LogP contribution in [0.5, 0.6) is 0 Å². The number of ether oxygens (including phenoxy) is 2. The second-order valence-electron chi connectivity index (χ2n) is 6.43. The first-order valence-corrected chi connectivity index (χ1v) is 8.38. The Kier molecular flexibility index (Phi) is 5.00. The van der Waals surface area contributed by atoms with Gasteiger partial charge in [0.2, 0.25) is 0 Å². The van der Waals surface area contributed by atoms with Crippen LogP contribution in [0.15, 0.2) is 43.0 Å². The van der Waals surface area contributed by atoms with Crippen molar-refractivity contribution in [1.29, 1.82) is 0 Å². The van der Waals surface area contributed by atoms with E-state index in [9.17, 15) is 9.59 Å². The van der Waals surface area contributed by atoms with Crippen LogP contribution in [0.25, 0.3) is 0 Å². The number of amides is 1. The van der Waals surface area contributed by atoms with Gasteiger partial charge < -0.3 is 14.4 Å². The maximum Gasteiger partial charge on any atom is 0.410 e. The quantitative estimate of drug-likeness (QED) is 0.800. The van der Waals surface area contributed by atoms with E-state index in [0.29, 0.717) is 19.4 Å². The monoisotopic (exact) mass is 329 g/mol. The molecule has 24 heavy (non-hydrogen) atoms. The van der Waals surface area contributed by atoms with E-state index in [1.54, 1.807) is 11.0 Å². The summed E-state index contributed by atoms with van der Waals surface area (Å²) in [5.74, 6) is -0.194. The Balaban J connectivity index is 1.68. The molecule has 0 unspecified atom stereocenters. The lowest BCUT2D eigenvalue weighted by molar-refractivity contribution is -0.154. The highest BCUT2D eigenvalue weighted by molar-refractivity contribution is 5.85. The molecule has 1 aromatic carbocycles. The number of rotatable bonds is 3. The Bertz CT molecular complexity index is 615. The van der Waals surface area contributed by atoms with Crippen molar-refractivity contribution < 1.29 is 19.1 Å². The van der Waals surface area contributed by atoms with Gasteiger partial charge in [-0.25, -0.2) is 4.79 Å². The van der Waals surface area contributed by atoms with E-state index in [4.69, 9.17) is 9.47 Å². The molecule has 128 valence electrons. The van der Waals surface area contributed by atoms with Gasteiger partial charge in [-0.1, -0.05) is 36.4 Å². The van der Waals surface area contributed by atoms with E-state index in [1.165, 1.54) is 0 Å². The summed E-state index contributed by atoms with van der Waals surface area (Å²) in [6, 6.07) is 9.17. The van der Waals surface area contributed by atoms with E-state index >= 15 is 0 Å². The SMILES string of the molecule is C=C[C@H]1[C@H]2C(=O)C[C@@H](C)O[C@H]2CCN1C(=O)OCc1ccccc1. The number of Topliss-reactive ketones (excluding diaryl/α,β-unsaturated/α-hetero) is 1. The molecule has 1 aromatic rings. The van der Waals surface area contributed by atoms with Gasteiger partial charge >= 0.3 is 6.09 Å². The molecule has 0 aliphatic carbocycles. The van der Waals surface area contributed by atoms with Crippen LogP contribution >= 0.6 is 0 Å². The van der Waals surface area contributed by atoms with Gasteiger partial charge in [0, 0.05) is 13.0 Å². The van der Waals surface area contributed by atoms with Crippen molar-refractivity contribution in [3.05, 3.63) is 48.6 Å². The zero-order valence-corrected chi connectivity index (χ0v) is 13.9. The molecule has 2 aliphatic heterocycles. The number of benzene rings is 1. The lowest BCUT2D eigenvalue weighted by Gasteiger charge is -2.46. The van der Waals surface area contributed by atoms with Crippen LogP contribution in [-0.2, 0) is 20.9 Å². The van der Waals surface area contributed by atoms with Gasteiger partial charge in [0.05, 0.1) is 24.2 Å². The minimum absolute atomic E-state index is 0.0548. The van der Waals surface area contributed by atoms with Gasteiger partial charge in [-0.3, -0.25) is 4.79 Å². The van der Waals surface area contributed by atoms with E-state index in [0.717, 1.165) is 5.56 Å². The third kappa shape index (κ3) is 3.36. The van der Waals surface area contributed by atoms with Crippen molar-refractivity contribution in [2.45, 2.75) is 44.6 Å². The van der Waals surface area contributed by atoms with Crippen LogP contribution in [0.1, 0.15) is 25.3 Å². The molecule has 4 atom stereocenters. The molecule has 5 nitrogen and oxygen atoms in total. The Hall–Kier alpha value is -2.14. The molecule has 0 radical (unpaired) electrons. The van der Waals surface area contributed by atoms with Crippen molar-refractivity contribution in [3.8, 4) is 0 Å². The molecule has 2 aliphatic rings. The molecule has 3 rings (SSSR count). The van der Waals surface area contributed by atoms with E-state index < -0.39 is 6.09 Å². The highest BCUT2D eigenvalue weighted by Gasteiger charge is 2.46. The number of piperidine rings is 1. The minimum Gasteiger partial charge on any atom is -0.445 e. The van der Waals surface area contributed by atoms with Crippen LogP contribution in [0.4, 0.5) is 4.79 Å². The third-order valence-corrected chi connectivity index (χ3v) is 4.73. The van der Waals surface area contributed by atoms with Crippen molar-refractivity contribution >= 4 is 11.9 Å². The second kappa shape index (κ2) is 7.18. The summed E-state index contributed by atoms with van der Waals surface area (Å²) in [4.78, 5) is 26.5. The normalized spacial score (nSPS) is 29.7. The lowest BCUT2D eigenvalue weighted by atomic mass is 9.79. The van der Waals surface area contributed by atoms with Gasteiger partial charge in [-0.15, -0.1) is 6.58 Å². The lowest BCUT2D eigenvalue weighted by Crippen LogP contribution is -2.58. The van der Waals surface area contributed by atoms with Crippen LogP contribution in [0.2, 0.25) is 0 Å². The van der Waals surface area contributed by atoms with Crippen molar-refractivity contribution in [1.82, 2.24) is 4.90 Å². The molecular weight excluding hydrogens is 306 g/mol. The summed E-state index contributed by atoms with van der Waals surface area (Å²) in [6.45, 7) is 6.46. The van der Waals surface area contributed by atoms with Gasteiger partial charge in [0.1, 0.15) is 12.4 Å². The first kappa shape index (κ1) is 16.7. The summed E-state index contributed by atoms with van der Waals surface area (Å²) < 4.78 is 11.3. The third-order valence-electron chi connectivity index (χ3n) is 4.73. The molecule has 2 saturated heterocycles. The Morgan fingerprint density at radius 3 is 2.88 bits per heavy atom. The van der Waals surface area contributed by atoms with Gasteiger partial charge in [0.25, 0.3) is 0 Å². The Labute approximate surface area is 142 Å². The fraction of sp³-hybridized carbons (Fsp3) is 0.474. The average molecular weight is 329 g/mol. The topological polar surface area (TPSA) is 55.8 Å². The molecule has 0 N–H and O–H groups in total. The average Bonchev–Trinajstić information content (AvgIpc) is 2.59. The molecule has 0 bridgehead atoms. The second-order valence-corrected chi connectivity index (χ2v) is 6.43. The van der Waals surface area contributed by atoms with Crippen LogP contribution in [0, 0.1) is 5.92 Å². The van der Waals surface area contributed by atoms with Gasteiger partial charge in [0.15, 0.2) is 0 Å². The molecule has 2 heterocycles. The Morgan fingerprint density at radius 2 is 2.17 bits per heavy atom. The molecule has 2 fully saturated rings. The predicted octanol–water partition coefficient (Wildman–Crippen LogP) is 2.95. The van der Waals surface area contributed by atoms with E-state index in [-0.39, 0.29) is 36.6 Å². The van der Waals surface area contributed by atoms with E-state index in [1.807, 2.05) is 37.3 Å². The summed E-state index contributed by atoms with van der Waals surface area (Å²) in [5, 5.41) is 0. The number of likely N-dealkylation sites (tertiary alicyclic amines) is 1. The zero-order chi connectivity index (χ0) is 17.1. The highest BCUT2D eigenvalue weighted by atomic mass is 16.6. The van der Waals surface area contributed by atoms with Gasteiger partial charge in [-0.2, -0.15) is 0 Å². The minimum atomic E-state index is -0.409. The zero-order valence-electron chi connectivity index (χ0n) is 13.9. The molecular formula is C19H23NO4. The van der Waals surface area contributed by atoms with Crippen molar-refractivity contribution in [2.75, 3.05) is 6.54 Å².